The zero-order valence-electron chi connectivity index (χ0n) is 12.3. The number of rotatable bonds is 3. The van der Waals surface area contributed by atoms with Crippen molar-refractivity contribution < 1.29 is 4.79 Å². The lowest BCUT2D eigenvalue weighted by Gasteiger charge is -2.31. The van der Waals surface area contributed by atoms with E-state index in [0.29, 0.717) is 0 Å². The second kappa shape index (κ2) is 5.94. The monoisotopic (exact) mass is 297 g/mol. The van der Waals surface area contributed by atoms with Crippen LogP contribution >= 0.6 is 11.8 Å². The van der Waals surface area contributed by atoms with Gasteiger partial charge in [0.2, 0.25) is 0 Å². The summed E-state index contributed by atoms with van der Waals surface area (Å²) < 4.78 is 0. The SMILES string of the molecule is CC(C)N1C(=O)SC(c2ccccc2)C1c1ccccc1. The molecule has 108 valence electrons. The van der Waals surface area contributed by atoms with Crippen molar-refractivity contribution in [3.05, 3.63) is 71.8 Å². The van der Waals surface area contributed by atoms with E-state index < -0.39 is 0 Å². The third-order valence-corrected chi connectivity index (χ3v) is 5.05. The van der Waals surface area contributed by atoms with Crippen molar-refractivity contribution >= 4 is 17.0 Å². The molecule has 0 radical (unpaired) electrons. The lowest BCUT2D eigenvalue weighted by Crippen LogP contribution is -2.34. The molecule has 1 saturated heterocycles. The largest absolute Gasteiger partial charge is 0.323 e. The Bertz CT molecular complexity index is 612. The summed E-state index contributed by atoms with van der Waals surface area (Å²) in [4.78, 5) is 14.5. The molecule has 1 aliphatic heterocycles. The van der Waals surface area contributed by atoms with E-state index in [9.17, 15) is 4.79 Å². The van der Waals surface area contributed by atoms with Crippen LogP contribution in [0.2, 0.25) is 0 Å². The molecule has 2 unspecified atom stereocenters. The summed E-state index contributed by atoms with van der Waals surface area (Å²) in [6, 6.07) is 21.0. The molecule has 0 aromatic heterocycles. The topological polar surface area (TPSA) is 20.3 Å². The molecule has 0 saturated carbocycles. The van der Waals surface area contributed by atoms with Gasteiger partial charge in [-0.15, -0.1) is 0 Å². The second-order valence-corrected chi connectivity index (χ2v) is 6.66. The van der Waals surface area contributed by atoms with Crippen molar-refractivity contribution in [2.45, 2.75) is 31.2 Å². The highest BCUT2D eigenvalue weighted by Gasteiger charge is 2.43. The molecule has 21 heavy (non-hydrogen) atoms. The number of amides is 1. The molecule has 0 bridgehead atoms. The fourth-order valence-corrected chi connectivity index (χ4v) is 4.28. The number of carbonyl (C=O) groups excluding carboxylic acids is 1. The van der Waals surface area contributed by atoms with Gasteiger partial charge in [-0.25, -0.2) is 0 Å². The Morgan fingerprint density at radius 3 is 1.95 bits per heavy atom. The van der Waals surface area contributed by atoms with Gasteiger partial charge in [0.1, 0.15) is 0 Å². The molecule has 0 spiro atoms. The lowest BCUT2D eigenvalue weighted by atomic mass is 9.96. The Morgan fingerprint density at radius 2 is 1.43 bits per heavy atom. The minimum absolute atomic E-state index is 0.103. The van der Waals surface area contributed by atoms with Gasteiger partial charge in [0, 0.05) is 6.04 Å². The zero-order chi connectivity index (χ0) is 14.8. The highest BCUT2D eigenvalue weighted by molar-refractivity contribution is 8.14. The van der Waals surface area contributed by atoms with Gasteiger partial charge in [-0.3, -0.25) is 4.79 Å². The van der Waals surface area contributed by atoms with Gasteiger partial charge >= 0.3 is 0 Å². The van der Waals surface area contributed by atoms with E-state index in [4.69, 9.17) is 0 Å². The molecule has 1 heterocycles. The van der Waals surface area contributed by atoms with Crippen LogP contribution in [0.3, 0.4) is 0 Å². The smallest absolute Gasteiger partial charge is 0.283 e. The molecule has 3 rings (SSSR count). The summed E-state index contributed by atoms with van der Waals surface area (Å²) in [5, 5.41) is 0.330. The van der Waals surface area contributed by atoms with Gasteiger partial charge in [-0.1, -0.05) is 72.4 Å². The molecular weight excluding hydrogens is 278 g/mol. The van der Waals surface area contributed by atoms with Crippen LogP contribution < -0.4 is 0 Å². The van der Waals surface area contributed by atoms with Crippen molar-refractivity contribution in [2.24, 2.45) is 0 Å². The summed E-state index contributed by atoms with van der Waals surface area (Å²) in [6.45, 7) is 4.17. The predicted molar refractivity (Wildman–Crippen MR) is 88.3 cm³/mol. The number of thioether (sulfide) groups is 1. The standard InChI is InChI=1S/C18H19NOS/c1-13(2)19-16(14-9-5-3-6-10-14)17(21-18(19)20)15-11-7-4-8-12-15/h3-13,16-17H,1-2H3. The number of benzene rings is 2. The van der Waals surface area contributed by atoms with Crippen LogP contribution in [-0.4, -0.2) is 16.2 Å². The molecule has 2 aromatic rings. The van der Waals surface area contributed by atoms with E-state index in [1.165, 1.54) is 22.9 Å². The maximum absolute atomic E-state index is 12.5. The number of carbonyl (C=O) groups is 1. The van der Waals surface area contributed by atoms with E-state index in [-0.39, 0.29) is 22.6 Å². The van der Waals surface area contributed by atoms with Gasteiger partial charge in [0.15, 0.2) is 0 Å². The Labute approximate surface area is 130 Å². The maximum Gasteiger partial charge on any atom is 0.283 e. The van der Waals surface area contributed by atoms with Gasteiger partial charge < -0.3 is 4.90 Å². The summed E-state index contributed by atoms with van der Waals surface area (Å²) in [7, 11) is 0. The third-order valence-electron chi connectivity index (χ3n) is 3.85. The van der Waals surface area contributed by atoms with Crippen LogP contribution in [0.1, 0.15) is 36.3 Å². The van der Waals surface area contributed by atoms with Gasteiger partial charge in [0.05, 0.1) is 11.3 Å². The average molecular weight is 297 g/mol. The normalized spacial score (nSPS) is 22.0. The molecule has 2 nitrogen and oxygen atoms in total. The zero-order valence-corrected chi connectivity index (χ0v) is 13.1. The highest BCUT2D eigenvalue weighted by Crippen LogP contribution is 2.51. The van der Waals surface area contributed by atoms with Crippen LogP contribution in [0.5, 0.6) is 0 Å². The first-order chi connectivity index (χ1) is 10.2. The summed E-state index contributed by atoms with van der Waals surface area (Å²) in [5.41, 5.74) is 2.42. The fourth-order valence-electron chi connectivity index (χ4n) is 2.90. The van der Waals surface area contributed by atoms with Crippen molar-refractivity contribution in [2.75, 3.05) is 0 Å². The minimum atomic E-state index is 0.103. The molecule has 2 aromatic carbocycles. The van der Waals surface area contributed by atoms with Gasteiger partial charge in [-0.2, -0.15) is 0 Å². The van der Waals surface area contributed by atoms with Crippen LogP contribution in [0.4, 0.5) is 4.79 Å². The van der Waals surface area contributed by atoms with E-state index in [2.05, 4.69) is 38.1 Å². The number of hydrogen-bond acceptors (Lipinski definition) is 2. The number of nitrogens with zero attached hydrogens (tertiary/aromatic N) is 1. The highest BCUT2D eigenvalue weighted by atomic mass is 32.2. The summed E-state index contributed by atoms with van der Waals surface area (Å²) >= 11 is 1.45. The third kappa shape index (κ3) is 2.70. The first-order valence-corrected chi connectivity index (χ1v) is 8.15. The predicted octanol–water partition coefficient (Wildman–Crippen LogP) is 5.05. The van der Waals surface area contributed by atoms with Crippen molar-refractivity contribution in [1.82, 2.24) is 4.90 Å². The molecule has 1 fully saturated rings. The van der Waals surface area contributed by atoms with E-state index in [0.717, 1.165) is 0 Å². The van der Waals surface area contributed by atoms with Crippen molar-refractivity contribution in [3.63, 3.8) is 0 Å². The van der Waals surface area contributed by atoms with Crippen molar-refractivity contribution in [3.8, 4) is 0 Å². The average Bonchev–Trinajstić information content (AvgIpc) is 2.86. The van der Waals surface area contributed by atoms with Crippen molar-refractivity contribution in [1.29, 1.82) is 0 Å². The molecule has 1 aliphatic rings. The number of hydrogen-bond donors (Lipinski definition) is 0. The van der Waals surface area contributed by atoms with Gasteiger partial charge in [-0.05, 0) is 25.0 Å². The first-order valence-electron chi connectivity index (χ1n) is 7.27. The van der Waals surface area contributed by atoms with Crippen LogP contribution in [0.15, 0.2) is 60.7 Å². The Kier molecular flexibility index (Phi) is 4.02. The Hall–Kier alpha value is -1.74. The minimum Gasteiger partial charge on any atom is -0.323 e. The molecule has 2 atom stereocenters. The first kappa shape index (κ1) is 14.2. The van der Waals surface area contributed by atoms with E-state index in [1.54, 1.807) is 0 Å². The lowest BCUT2D eigenvalue weighted by molar-refractivity contribution is 0.185. The van der Waals surface area contributed by atoms with E-state index in [1.807, 2.05) is 41.3 Å². The molecule has 0 N–H and O–H groups in total. The van der Waals surface area contributed by atoms with Gasteiger partial charge in [0.25, 0.3) is 5.24 Å². The molecule has 3 heteroatoms. The quantitative estimate of drug-likeness (QED) is 0.790. The van der Waals surface area contributed by atoms with Crippen LogP contribution in [0, 0.1) is 0 Å². The Balaban J connectivity index is 2.05. The Morgan fingerprint density at radius 1 is 0.905 bits per heavy atom. The molecule has 1 amide bonds. The fraction of sp³-hybridized carbons (Fsp3) is 0.278. The van der Waals surface area contributed by atoms with E-state index >= 15 is 0 Å². The van der Waals surface area contributed by atoms with Crippen LogP contribution in [0.25, 0.3) is 0 Å². The molecular formula is C18H19NOS. The molecule has 0 aliphatic carbocycles. The summed E-state index contributed by atoms with van der Waals surface area (Å²) in [6.07, 6.45) is 0. The maximum atomic E-state index is 12.5. The summed E-state index contributed by atoms with van der Waals surface area (Å²) in [5.74, 6) is 0. The second-order valence-electron chi connectivity index (χ2n) is 5.57. The van der Waals surface area contributed by atoms with Crippen LogP contribution in [-0.2, 0) is 0 Å².